The van der Waals surface area contributed by atoms with Gasteiger partial charge in [-0.1, -0.05) is 5.16 Å². The highest BCUT2D eigenvalue weighted by molar-refractivity contribution is 5.75. The Hall–Kier alpha value is -2.29. The van der Waals surface area contributed by atoms with Gasteiger partial charge in [-0.3, -0.25) is 14.4 Å². The number of aromatic nitrogens is 4. The summed E-state index contributed by atoms with van der Waals surface area (Å²) >= 11 is 0. The van der Waals surface area contributed by atoms with E-state index in [-0.39, 0.29) is 11.9 Å². The lowest BCUT2D eigenvalue weighted by atomic mass is 10.2. The molecule has 9 heteroatoms. The summed E-state index contributed by atoms with van der Waals surface area (Å²) in [6, 6.07) is 1.83. The van der Waals surface area contributed by atoms with Crippen LogP contribution in [0.4, 0.5) is 4.39 Å². The Bertz CT molecular complexity index is 689. The van der Waals surface area contributed by atoms with Crippen LogP contribution in [0.1, 0.15) is 24.3 Å². The average molecular weight is 350 g/mol. The minimum absolute atomic E-state index is 0.00766. The van der Waals surface area contributed by atoms with Crippen LogP contribution in [-0.2, 0) is 17.9 Å². The molecule has 25 heavy (non-hydrogen) atoms. The first-order valence-electron chi connectivity index (χ1n) is 8.38. The largest absolute Gasteiger partial charge is 0.360 e. The van der Waals surface area contributed by atoms with Crippen LogP contribution < -0.4 is 0 Å². The Morgan fingerprint density at radius 1 is 1.52 bits per heavy atom. The van der Waals surface area contributed by atoms with Crippen molar-refractivity contribution in [1.29, 1.82) is 0 Å². The van der Waals surface area contributed by atoms with E-state index in [1.165, 1.54) is 6.33 Å². The van der Waals surface area contributed by atoms with Crippen LogP contribution in [0.5, 0.6) is 0 Å². The van der Waals surface area contributed by atoms with E-state index in [1.54, 1.807) is 23.0 Å². The molecule has 1 aliphatic heterocycles. The van der Waals surface area contributed by atoms with Crippen molar-refractivity contribution in [3.8, 4) is 0 Å². The molecule has 1 saturated heterocycles. The minimum atomic E-state index is -0.882. The summed E-state index contributed by atoms with van der Waals surface area (Å²) in [5.41, 5.74) is 0.808. The normalized spacial score (nSPS) is 20.9. The molecule has 0 N–H and O–H groups in total. The standard InChI is InChI=1S/C16H23FN6O2/c1-12-5-15(25-20-12)9-22-7-13(17)6-14(22)8-21(2)16(24)3-4-23-11-18-10-19-23/h5,10-11,13-14H,3-4,6-9H2,1-2H3/t13-,14-/m0/s1. The van der Waals surface area contributed by atoms with Crippen molar-refractivity contribution in [2.75, 3.05) is 20.1 Å². The molecule has 0 radical (unpaired) electrons. The first kappa shape index (κ1) is 17.5. The Morgan fingerprint density at radius 2 is 2.36 bits per heavy atom. The molecule has 1 fully saturated rings. The molecule has 0 spiro atoms. The molecule has 2 aromatic rings. The lowest BCUT2D eigenvalue weighted by Gasteiger charge is -2.27. The third kappa shape index (κ3) is 4.62. The Labute approximate surface area is 145 Å². The minimum Gasteiger partial charge on any atom is -0.360 e. The maximum Gasteiger partial charge on any atom is 0.224 e. The van der Waals surface area contributed by atoms with Crippen molar-refractivity contribution < 1.29 is 13.7 Å². The van der Waals surface area contributed by atoms with Gasteiger partial charge >= 0.3 is 0 Å². The fourth-order valence-electron chi connectivity index (χ4n) is 3.16. The highest BCUT2D eigenvalue weighted by Crippen LogP contribution is 2.23. The molecule has 2 atom stereocenters. The monoisotopic (exact) mass is 350 g/mol. The van der Waals surface area contributed by atoms with E-state index in [1.807, 2.05) is 17.9 Å². The first-order chi connectivity index (χ1) is 12.0. The molecule has 1 amide bonds. The van der Waals surface area contributed by atoms with E-state index in [4.69, 9.17) is 4.52 Å². The van der Waals surface area contributed by atoms with Crippen molar-refractivity contribution in [3.63, 3.8) is 0 Å². The van der Waals surface area contributed by atoms with Gasteiger partial charge < -0.3 is 9.42 Å². The van der Waals surface area contributed by atoms with Gasteiger partial charge in [-0.25, -0.2) is 9.37 Å². The predicted molar refractivity (Wildman–Crippen MR) is 87.2 cm³/mol. The van der Waals surface area contributed by atoms with E-state index in [0.29, 0.717) is 39.0 Å². The third-order valence-electron chi connectivity index (χ3n) is 4.44. The van der Waals surface area contributed by atoms with Gasteiger partial charge in [0.15, 0.2) is 5.76 Å². The lowest BCUT2D eigenvalue weighted by molar-refractivity contribution is -0.130. The van der Waals surface area contributed by atoms with Gasteiger partial charge in [0.25, 0.3) is 0 Å². The Morgan fingerprint density at radius 3 is 3.04 bits per heavy atom. The summed E-state index contributed by atoms with van der Waals surface area (Å²) in [4.78, 5) is 19.8. The summed E-state index contributed by atoms with van der Waals surface area (Å²) in [5.74, 6) is 0.727. The van der Waals surface area contributed by atoms with Crippen LogP contribution in [-0.4, -0.2) is 68.0 Å². The van der Waals surface area contributed by atoms with Crippen molar-refractivity contribution >= 4 is 5.91 Å². The second kappa shape index (κ2) is 7.73. The van der Waals surface area contributed by atoms with Crippen molar-refractivity contribution in [1.82, 2.24) is 29.7 Å². The van der Waals surface area contributed by atoms with E-state index >= 15 is 0 Å². The molecule has 136 valence electrons. The molecule has 3 heterocycles. The van der Waals surface area contributed by atoms with Crippen LogP contribution in [0.2, 0.25) is 0 Å². The molecule has 0 bridgehead atoms. The third-order valence-corrected chi connectivity index (χ3v) is 4.44. The number of rotatable bonds is 7. The Kier molecular flexibility index (Phi) is 5.42. The predicted octanol–water partition coefficient (Wildman–Crippen LogP) is 1.04. The van der Waals surface area contributed by atoms with Crippen molar-refractivity contribution in [2.24, 2.45) is 0 Å². The number of halogens is 1. The molecule has 0 saturated carbocycles. The lowest BCUT2D eigenvalue weighted by Crippen LogP contribution is -2.41. The highest BCUT2D eigenvalue weighted by atomic mass is 19.1. The van der Waals surface area contributed by atoms with Gasteiger partial charge in [0, 0.05) is 38.7 Å². The number of aryl methyl sites for hydroxylation is 2. The Balaban J connectivity index is 1.52. The smallest absolute Gasteiger partial charge is 0.224 e. The van der Waals surface area contributed by atoms with Gasteiger partial charge in [-0.15, -0.1) is 0 Å². The van der Waals surface area contributed by atoms with E-state index < -0.39 is 6.17 Å². The van der Waals surface area contributed by atoms with Crippen molar-refractivity contribution in [3.05, 3.63) is 30.2 Å². The summed E-state index contributed by atoms with van der Waals surface area (Å²) in [5, 5.41) is 7.85. The van der Waals surface area contributed by atoms with Gasteiger partial charge in [0.2, 0.25) is 5.91 Å². The number of likely N-dealkylation sites (N-methyl/N-ethyl adjacent to an activating group) is 1. The van der Waals surface area contributed by atoms with Crippen LogP contribution in [0.3, 0.4) is 0 Å². The van der Waals surface area contributed by atoms with Crippen LogP contribution >= 0.6 is 0 Å². The fourth-order valence-corrected chi connectivity index (χ4v) is 3.16. The average Bonchev–Trinajstić information content (AvgIpc) is 3.29. The molecule has 8 nitrogen and oxygen atoms in total. The number of likely N-dealkylation sites (tertiary alicyclic amines) is 1. The number of carbonyl (C=O) groups excluding carboxylic acids is 1. The van der Waals surface area contributed by atoms with Gasteiger partial charge in [-0.05, 0) is 13.3 Å². The van der Waals surface area contributed by atoms with Crippen LogP contribution in [0, 0.1) is 6.92 Å². The molecular formula is C16H23FN6O2. The molecular weight excluding hydrogens is 327 g/mol. The van der Waals surface area contributed by atoms with Crippen molar-refractivity contribution in [2.45, 2.75) is 45.1 Å². The second-order valence-electron chi connectivity index (χ2n) is 6.53. The summed E-state index contributed by atoms with van der Waals surface area (Å²) < 4.78 is 20.8. The van der Waals surface area contributed by atoms with Gasteiger partial charge in [-0.2, -0.15) is 5.10 Å². The number of hydrogen-bond donors (Lipinski definition) is 0. The number of carbonyl (C=O) groups is 1. The SMILES string of the molecule is Cc1cc(CN2C[C@@H](F)C[C@H]2CN(C)C(=O)CCn2cncn2)on1. The molecule has 0 aliphatic carbocycles. The molecule has 0 aromatic carbocycles. The zero-order chi connectivity index (χ0) is 17.8. The molecule has 0 unspecified atom stereocenters. The number of nitrogens with zero attached hydrogens (tertiary/aromatic N) is 6. The topological polar surface area (TPSA) is 80.3 Å². The summed E-state index contributed by atoms with van der Waals surface area (Å²) in [7, 11) is 1.76. The van der Waals surface area contributed by atoms with E-state index in [0.717, 1.165) is 11.5 Å². The maximum absolute atomic E-state index is 13.9. The zero-order valence-electron chi connectivity index (χ0n) is 14.5. The summed E-state index contributed by atoms with van der Waals surface area (Å²) in [6.07, 6.45) is 2.91. The fraction of sp³-hybridized carbons (Fsp3) is 0.625. The zero-order valence-corrected chi connectivity index (χ0v) is 14.5. The van der Waals surface area contributed by atoms with Crippen LogP contribution in [0.15, 0.2) is 23.2 Å². The van der Waals surface area contributed by atoms with Gasteiger partial charge in [0.05, 0.1) is 18.8 Å². The first-order valence-corrected chi connectivity index (χ1v) is 8.38. The molecule has 2 aromatic heterocycles. The number of amides is 1. The van der Waals surface area contributed by atoms with Crippen LogP contribution in [0.25, 0.3) is 0 Å². The van der Waals surface area contributed by atoms with E-state index in [9.17, 15) is 9.18 Å². The number of hydrogen-bond acceptors (Lipinski definition) is 6. The highest BCUT2D eigenvalue weighted by Gasteiger charge is 2.34. The van der Waals surface area contributed by atoms with E-state index in [2.05, 4.69) is 15.2 Å². The van der Waals surface area contributed by atoms with Gasteiger partial charge in [0.1, 0.15) is 18.8 Å². The molecule has 1 aliphatic rings. The quantitative estimate of drug-likeness (QED) is 0.742. The molecule has 3 rings (SSSR count). The maximum atomic E-state index is 13.9. The summed E-state index contributed by atoms with van der Waals surface area (Å²) in [6.45, 7) is 3.69. The number of alkyl halides is 1. The second-order valence-corrected chi connectivity index (χ2v) is 6.53.